The molecule has 2 rings (SSSR count). The molecule has 0 amide bonds. The SMILES string of the molecule is CCn1nc(-c2cc(C)ccc2OC)cc(CC(=O)O)c1=O. The van der Waals surface area contributed by atoms with Crippen molar-refractivity contribution < 1.29 is 14.6 Å². The van der Waals surface area contributed by atoms with Crippen LogP contribution in [-0.2, 0) is 17.8 Å². The van der Waals surface area contributed by atoms with E-state index < -0.39 is 5.97 Å². The maximum absolute atomic E-state index is 12.1. The second-order valence-electron chi connectivity index (χ2n) is 4.95. The average molecular weight is 302 g/mol. The largest absolute Gasteiger partial charge is 0.496 e. The standard InChI is InChI=1S/C16H18N2O4/c1-4-18-16(21)11(9-15(19)20)8-13(17-18)12-7-10(2)5-6-14(12)22-3/h5-8H,4,9H2,1-3H3,(H,19,20). The summed E-state index contributed by atoms with van der Waals surface area (Å²) in [6, 6.07) is 7.16. The van der Waals surface area contributed by atoms with E-state index in [-0.39, 0.29) is 17.5 Å². The van der Waals surface area contributed by atoms with Crippen molar-refractivity contribution in [2.45, 2.75) is 26.8 Å². The minimum absolute atomic E-state index is 0.211. The molecular weight excluding hydrogens is 284 g/mol. The normalized spacial score (nSPS) is 10.5. The van der Waals surface area contributed by atoms with Gasteiger partial charge in [0.1, 0.15) is 5.75 Å². The third kappa shape index (κ3) is 3.16. The van der Waals surface area contributed by atoms with Gasteiger partial charge in [-0.05, 0) is 32.0 Å². The van der Waals surface area contributed by atoms with E-state index >= 15 is 0 Å². The van der Waals surface area contributed by atoms with Crippen molar-refractivity contribution in [3.63, 3.8) is 0 Å². The van der Waals surface area contributed by atoms with Gasteiger partial charge in [-0.1, -0.05) is 11.6 Å². The van der Waals surface area contributed by atoms with E-state index in [9.17, 15) is 9.59 Å². The van der Waals surface area contributed by atoms with Gasteiger partial charge in [0.05, 0.1) is 19.2 Å². The summed E-state index contributed by atoms with van der Waals surface area (Å²) < 4.78 is 6.61. The highest BCUT2D eigenvalue weighted by Crippen LogP contribution is 2.29. The van der Waals surface area contributed by atoms with Gasteiger partial charge < -0.3 is 9.84 Å². The van der Waals surface area contributed by atoms with E-state index in [2.05, 4.69) is 5.10 Å². The number of aromatic nitrogens is 2. The Morgan fingerprint density at radius 1 is 1.36 bits per heavy atom. The number of hydrogen-bond acceptors (Lipinski definition) is 4. The lowest BCUT2D eigenvalue weighted by atomic mass is 10.1. The second kappa shape index (κ2) is 6.43. The molecule has 1 aromatic heterocycles. The summed E-state index contributed by atoms with van der Waals surface area (Å²) in [5, 5.41) is 13.3. The molecule has 1 heterocycles. The van der Waals surface area contributed by atoms with E-state index in [0.717, 1.165) is 11.1 Å². The van der Waals surface area contributed by atoms with Crippen LogP contribution in [0.4, 0.5) is 0 Å². The number of carbonyl (C=O) groups is 1. The highest BCUT2D eigenvalue weighted by atomic mass is 16.5. The fourth-order valence-corrected chi connectivity index (χ4v) is 2.25. The Labute approximate surface area is 128 Å². The number of ether oxygens (including phenoxy) is 1. The van der Waals surface area contributed by atoms with Gasteiger partial charge in [-0.15, -0.1) is 0 Å². The Balaban J connectivity index is 2.68. The predicted octanol–water partition coefficient (Wildman–Crippen LogP) is 1.87. The number of carboxylic acids is 1. The second-order valence-corrected chi connectivity index (χ2v) is 4.95. The van der Waals surface area contributed by atoms with Crippen LogP contribution < -0.4 is 10.3 Å². The maximum Gasteiger partial charge on any atom is 0.308 e. The van der Waals surface area contributed by atoms with Crippen LogP contribution in [0.25, 0.3) is 11.3 Å². The van der Waals surface area contributed by atoms with Crippen LogP contribution in [0.3, 0.4) is 0 Å². The first-order chi connectivity index (χ1) is 10.5. The van der Waals surface area contributed by atoms with Crippen molar-refractivity contribution >= 4 is 5.97 Å². The number of hydrogen-bond donors (Lipinski definition) is 1. The molecule has 0 saturated carbocycles. The van der Waals surface area contributed by atoms with E-state index in [1.165, 1.54) is 10.7 Å². The molecule has 2 aromatic rings. The molecule has 1 aromatic carbocycles. The first-order valence-electron chi connectivity index (χ1n) is 6.94. The van der Waals surface area contributed by atoms with Crippen molar-refractivity contribution in [3.05, 3.63) is 45.7 Å². The molecule has 116 valence electrons. The summed E-state index contributed by atoms with van der Waals surface area (Å²) in [6.45, 7) is 4.10. The van der Waals surface area contributed by atoms with Crippen molar-refractivity contribution in [2.24, 2.45) is 0 Å². The minimum Gasteiger partial charge on any atom is -0.496 e. The molecule has 0 atom stereocenters. The van der Waals surface area contributed by atoms with Crippen LogP contribution in [0.15, 0.2) is 29.1 Å². The van der Waals surface area contributed by atoms with E-state index in [0.29, 0.717) is 18.0 Å². The number of aliphatic carboxylic acids is 1. The molecule has 0 aliphatic rings. The lowest BCUT2D eigenvalue weighted by Gasteiger charge is -2.12. The lowest BCUT2D eigenvalue weighted by molar-refractivity contribution is -0.136. The predicted molar refractivity (Wildman–Crippen MR) is 82.2 cm³/mol. The third-order valence-corrected chi connectivity index (χ3v) is 3.32. The quantitative estimate of drug-likeness (QED) is 0.912. The Morgan fingerprint density at radius 2 is 2.09 bits per heavy atom. The first kappa shape index (κ1) is 15.8. The van der Waals surface area contributed by atoms with Gasteiger partial charge in [-0.2, -0.15) is 5.10 Å². The van der Waals surface area contributed by atoms with Crippen LogP contribution in [0.2, 0.25) is 0 Å². The van der Waals surface area contributed by atoms with Gasteiger partial charge in [0, 0.05) is 17.7 Å². The Kier molecular flexibility index (Phi) is 4.60. The summed E-state index contributed by atoms with van der Waals surface area (Å²) in [6.07, 6.45) is -0.331. The fourth-order valence-electron chi connectivity index (χ4n) is 2.25. The molecule has 22 heavy (non-hydrogen) atoms. The van der Waals surface area contributed by atoms with Gasteiger partial charge in [-0.3, -0.25) is 9.59 Å². The van der Waals surface area contributed by atoms with Gasteiger partial charge in [0.2, 0.25) is 0 Å². The smallest absolute Gasteiger partial charge is 0.308 e. The Bertz CT molecular complexity index is 765. The molecule has 0 aliphatic heterocycles. The lowest BCUT2D eigenvalue weighted by Crippen LogP contribution is -2.27. The van der Waals surface area contributed by atoms with Crippen LogP contribution in [0.1, 0.15) is 18.1 Å². The number of nitrogens with zero attached hydrogens (tertiary/aromatic N) is 2. The monoisotopic (exact) mass is 302 g/mol. The van der Waals surface area contributed by atoms with Gasteiger partial charge in [0.15, 0.2) is 0 Å². The van der Waals surface area contributed by atoms with Crippen molar-refractivity contribution in [1.82, 2.24) is 9.78 Å². The van der Waals surface area contributed by atoms with Crippen molar-refractivity contribution in [2.75, 3.05) is 7.11 Å². The molecule has 0 fully saturated rings. The van der Waals surface area contributed by atoms with E-state index in [1.807, 2.05) is 25.1 Å². The zero-order chi connectivity index (χ0) is 16.3. The molecule has 6 nitrogen and oxygen atoms in total. The minimum atomic E-state index is -1.05. The zero-order valence-corrected chi connectivity index (χ0v) is 12.8. The topological polar surface area (TPSA) is 81.4 Å². The maximum atomic E-state index is 12.1. The number of methoxy groups -OCH3 is 1. The third-order valence-electron chi connectivity index (χ3n) is 3.32. The van der Waals surface area contributed by atoms with Gasteiger partial charge in [-0.25, -0.2) is 4.68 Å². The number of aryl methyl sites for hydroxylation is 2. The Morgan fingerprint density at radius 3 is 2.68 bits per heavy atom. The molecule has 6 heteroatoms. The molecule has 0 aliphatic carbocycles. The summed E-state index contributed by atoms with van der Waals surface area (Å²) >= 11 is 0. The summed E-state index contributed by atoms with van der Waals surface area (Å²) in [5.74, 6) is -0.422. The zero-order valence-electron chi connectivity index (χ0n) is 12.8. The van der Waals surface area contributed by atoms with Crippen LogP contribution in [0.5, 0.6) is 5.75 Å². The van der Waals surface area contributed by atoms with Gasteiger partial charge >= 0.3 is 5.97 Å². The molecule has 0 unspecified atom stereocenters. The number of carboxylic acid groups (broad SMARTS) is 1. The van der Waals surface area contributed by atoms with Gasteiger partial charge in [0.25, 0.3) is 5.56 Å². The molecule has 0 spiro atoms. The molecule has 0 saturated heterocycles. The first-order valence-corrected chi connectivity index (χ1v) is 6.94. The van der Waals surface area contributed by atoms with Crippen LogP contribution >= 0.6 is 0 Å². The fraction of sp³-hybridized carbons (Fsp3) is 0.312. The average Bonchev–Trinajstić information content (AvgIpc) is 2.48. The highest BCUT2D eigenvalue weighted by molar-refractivity contribution is 5.72. The molecular formula is C16H18N2O4. The summed E-state index contributed by atoms with van der Waals surface area (Å²) in [7, 11) is 1.56. The van der Waals surface area contributed by atoms with E-state index in [1.54, 1.807) is 14.0 Å². The summed E-state index contributed by atoms with van der Waals surface area (Å²) in [4.78, 5) is 23.1. The van der Waals surface area contributed by atoms with E-state index in [4.69, 9.17) is 9.84 Å². The number of rotatable bonds is 5. The molecule has 0 radical (unpaired) electrons. The van der Waals surface area contributed by atoms with Crippen LogP contribution in [0, 0.1) is 6.92 Å². The molecule has 0 bridgehead atoms. The van der Waals surface area contributed by atoms with Crippen molar-refractivity contribution in [3.8, 4) is 17.0 Å². The van der Waals surface area contributed by atoms with Crippen LogP contribution in [-0.4, -0.2) is 28.0 Å². The molecule has 1 N–H and O–H groups in total. The Hall–Kier alpha value is -2.63. The summed E-state index contributed by atoms with van der Waals surface area (Å²) in [5.41, 5.74) is 2.12. The number of benzene rings is 1. The van der Waals surface area contributed by atoms with Crippen molar-refractivity contribution in [1.29, 1.82) is 0 Å². The highest BCUT2D eigenvalue weighted by Gasteiger charge is 2.14.